The maximum atomic E-state index is 11.7. The van der Waals surface area contributed by atoms with Gasteiger partial charge in [0.05, 0.1) is 11.4 Å². The van der Waals surface area contributed by atoms with Gasteiger partial charge in [0.1, 0.15) is 0 Å². The molecule has 122 valence electrons. The van der Waals surface area contributed by atoms with Crippen LogP contribution in [0.1, 0.15) is 48.2 Å². The molecular weight excluding hydrogens is 298 g/mol. The molecule has 1 heterocycles. The number of rotatable bonds is 7. The fourth-order valence-corrected chi connectivity index (χ4v) is 3.32. The van der Waals surface area contributed by atoms with Crippen LogP contribution >= 0.6 is 11.3 Å². The summed E-state index contributed by atoms with van der Waals surface area (Å²) in [6.07, 6.45) is 7.78. The zero-order valence-corrected chi connectivity index (χ0v) is 13.7. The largest absolute Gasteiger partial charge is 0.353 e. The minimum absolute atomic E-state index is 0.0279. The molecule has 0 bridgehead atoms. The number of carbonyl (C=O) groups excluding carboxylic acids is 2. The Kier molecular flexibility index (Phi) is 7.39. The van der Waals surface area contributed by atoms with Crippen molar-refractivity contribution in [3.8, 4) is 0 Å². The summed E-state index contributed by atoms with van der Waals surface area (Å²) in [6.45, 7) is 1.42. The molecule has 1 aromatic heterocycles. The van der Waals surface area contributed by atoms with E-state index in [2.05, 4.69) is 16.0 Å². The van der Waals surface area contributed by atoms with Crippen molar-refractivity contribution in [2.75, 3.05) is 19.6 Å². The first kappa shape index (κ1) is 17.0. The van der Waals surface area contributed by atoms with Gasteiger partial charge in [-0.2, -0.15) is 0 Å². The van der Waals surface area contributed by atoms with Crippen molar-refractivity contribution in [3.05, 3.63) is 22.4 Å². The van der Waals surface area contributed by atoms with Gasteiger partial charge >= 0.3 is 0 Å². The molecule has 22 heavy (non-hydrogen) atoms. The van der Waals surface area contributed by atoms with Crippen LogP contribution in [0.25, 0.3) is 0 Å². The summed E-state index contributed by atoms with van der Waals surface area (Å²) in [6, 6.07) is 4.16. The molecular formula is C16H25N3O2S. The molecule has 0 aliphatic heterocycles. The van der Waals surface area contributed by atoms with Gasteiger partial charge in [-0.05, 0) is 24.3 Å². The van der Waals surface area contributed by atoms with Gasteiger partial charge < -0.3 is 16.0 Å². The van der Waals surface area contributed by atoms with Crippen LogP contribution in [0, 0.1) is 0 Å². The van der Waals surface area contributed by atoms with E-state index in [-0.39, 0.29) is 18.4 Å². The molecule has 0 spiro atoms. The van der Waals surface area contributed by atoms with Crippen molar-refractivity contribution in [2.24, 2.45) is 0 Å². The average molecular weight is 323 g/mol. The molecule has 0 saturated heterocycles. The standard InChI is InChI=1S/C16H25N3O2S/c20-15(12-19-16(21)14-8-5-11-22-14)18-10-9-17-13-6-3-1-2-4-7-13/h5,8,11,13,17H,1-4,6-7,9-10,12H2,(H,18,20)(H,19,21). The molecule has 1 saturated carbocycles. The quantitative estimate of drug-likeness (QED) is 0.530. The van der Waals surface area contributed by atoms with Crippen LogP contribution in [-0.4, -0.2) is 37.5 Å². The Morgan fingerprint density at radius 1 is 1.09 bits per heavy atom. The van der Waals surface area contributed by atoms with Crippen LogP contribution in [-0.2, 0) is 4.79 Å². The highest BCUT2D eigenvalue weighted by molar-refractivity contribution is 7.12. The van der Waals surface area contributed by atoms with Crippen molar-refractivity contribution < 1.29 is 9.59 Å². The van der Waals surface area contributed by atoms with Crippen molar-refractivity contribution >= 4 is 23.2 Å². The molecule has 1 aromatic rings. The lowest BCUT2D eigenvalue weighted by Gasteiger charge is -2.16. The Labute approximate surface area is 135 Å². The maximum absolute atomic E-state index is 11.7. The highest BCUT2D eigenvalue weighted by atomic mass is 32.1. The van der Waals surface area contributed by atoms with Gasteiger partial charge in [0.25, 0.3) is 5.91 Å². The zero-order valence-electron chi connectivity index (χ0n) is 12.9. The van der Waals surface area contributed by atoms with E-state index in [0.717, 1.165) is 6.54 Å². The SMILES string of the molecule is O=C(CNC(=O)c1cccs1)NCCNC1CCCCCC1. The minimum atomic E-state index is -0.193. The summed E-state index contributed by atoms with van der Waals surface area (Å²) in [4.78, 5) is 24.0. The van der Waals surface area contributed by atoms with E-state index in [1.807, 2.05) is 11.4 Å². The molecule has 3 N–H and O–H groups in total. The average Bonchev–Trinajstić information content (AvgIpc) is 2.94. The lowest BCUT2D eigenvalue weighted by Crippen LogP contribution is -2.41. The highest BCUT2D eigenvalue weighted by Gasteiger charge is 2.11. The van der Waals surface area contributed by atoms with Gasteiger partial charge in [-0.15, -0.1) is 11.3 Å². The summed E-state index contributed by atoms with van der Waals surface area (Å²) in [7, 11) is 0. The second-order valence-corrected chi connectivity index (χ2v) is 6.60. The third-order valence-corrected chi connectivity index (χ3v) is 4.76. The molecule has 2 rings (SSSR count). The smallest absolute Gasteiger partial charge is 0.261 e. The van der Waals surface area contributed by atoms with Crippen molar-refractivity contribution in [1.82, 2.24) is 16.0 Å². The highest BCUT2D eigenvalue weighted by Crippen LogP contribution is 2.16. The predicted molar refractivity (Wildman–Crippen MR) is 89.2 cm³/mol. The summed E-state index contributed by atoms with van der Waals surface area (Å²) in [5.74, 6) is -0.339. The fourth-order valence-electron chi connectivity index (χ4n) is 2.68. The van der Waals surface area contributed by atoms with E-state index in [1.165, 1.54) is 49.9 Å². The molecule has 0 radical (unpaired) electrons. The minimum Gasteiger partial charge on any atom is -0.353 e. The second kappa shape index (κ2) is 9.58. The van der Waals surface area contributed by atoms with E-state index in [0.29, 0.717) is 17.5 Å². The summed E-state index contributed by atoms with van der Waals surface area (Å²) in [5.41, 5.74) is 0. The van der Waals surface area contributed by atoms with Crippen LogP contribution in [0.15, 0.2) is 17.5 Å². The Hall–Kier alpha value is -1.40. The maximum Gasteiger partial charge on any atom is 0.261 e. The molecule has 0 aromatic carbocycles. The molecule has 0 atom stereocenters. The van der Waals surface area contributed by atoms with Gasteiger partial charge in [0, 0.05) is 19.1 Å². The third-order valence-electron chi connectivity index (χ3n) is 3.89. The lowest BCUT2D eigenvalue weighted by atomic mass is 10.1. The number of hydrogen-bond donors (Lipinski definition) is 3. The van der Waals surface area contributed by atoms with Gasteiger partial charge in [-0.25, -0.2) is 0 Å². The third kappa shape index (κ3) is 6.15. The number of thiophene rings is 1. The first-order valence-corrected chi connectivity index (χ1v) is 8.95. The van der Waals surface area contributed by atoms with Gasteiger partial charge in [0.15, 0.2) is 0 Å². The molecule has 1 aliphatic rings. The Morgan fingerprint density at radius 3 is 2.55 bits per heavy atom. The summed E-state index contributed by atoms with van der Waals surface area (Å²) >= 11 is 1.37. The molecule has 6 heteroatoms. The summed E-state index contributed by atoms with van der Waals surface area (Å²) in [5, 5.41) is 10.8. The van der Waals surface area contributed by atoms with Crippen LogP contribution in [0.2, 0.25) is 0 Å². The van der Waals surface area contributed by atoms with Gasteiger partial charge in [-0.3, -0.25) is 9.59 Å². The molecule has 0 unspecified atom stereocenters. The first-order valence-electron chi connectivity index (χ1n) is 8.07. The normalized spacial score (nSPS) is 16.0. The zero-order chi connectivity index (χ0) is 15.6. The van der Waals surface area contributed by atoms with Crippen molar-refractivity contribution in [3.63, 3.8) is 0 Å². The van der Waals surface area contributed by atoms with Gasteiger partial charge in [-0.1, -0.05) is 31.7 Å². The molecule has 2 amide bonds. The fraction of sp³-hybridized carbons (Fsp3) is 0.625. The van der Waals surface area contributed by atoms with Crippen molar-refractivity contribution in [1.29, 1.82) is 0 Å². The number of hydrogen-bond acceptors (Lipinski definition) is 4. The number of carbonyl (C=O) groups is 2. The van der Waals surface area contributed by atoms with Crippen LogP contribution in [0.5, 0.6) is 0 Å². The van der Waals surface area contributed by atoms with E-state index in [9.17, 15) is 9.59 Å². The van der Waals surface area contributed by atoms with E-state index >= 15 is 0 Å². The number of amides is 2. The Balaban J connectivity index is 1.53. The first-order chi connectivity index (χ1) is 10.8. The summed E-state index contributed by atoms with van der Waals surface area (Å²) < 4.78 is 0. The Morgan fingerprint density at radius 2 is 1.86 bits per heavy atom. The Bertz CT molecular complexity index is 454. The predicted octanol–water partition coefficient (Wildman–Crippen LogP) is 1.91. The number of nitrogens with one attached hydrogen (secondary N) is 3. The van der Waals surface area contributed by atoms with Gasteiger partial charge in [0.2, 0.25) is 5.91 Å². The lowest BCUT2D eigenvalue weighted by molar-refractivity contribution is -0.120. The van der Waals surface area contributed by atoms with Crippen LogP contribution in [0.4, 0.5) is 0 Å². The van der Waals surface area contributed by atoms with E-state index < -0.39 is 0 Å². The second-order valence-electron chi connectivity index (χ2n) is 5.65. The van der Waals surface area contributed by atoms with Crippen LogP contribution in [0.3, 0.4) is 0 Å². The van der Waals surface area contributed by atoms with E-state index in [4.69, 9.17) is 0 Å². The van der Waals surface area contributed by atoms with Crippen LogP contribution < -0.4 is 16.0 Å². The molecule has 5 nitrogen and oxygen atoms in total. The van der Waals surface area contributed by atoms with Crippen molar-refractivity contribution in [2.45, 2.75) is 44.6 Å². The molecule has 1 fully saturated rings. The topological polar surface area (TPSA) is 70.2 Å². The molecule has 1 aliphatic carbocycles. The monoisotopic (exact) mass is 323 g/mol. The van der Waals surface area contributed by atoms with E-state index in [1.54, 1.807) is 6.07 Å².